The first-order chi connectivity index (χ1) is 22.9. The molecule has 0 amide bonds. The normalized spacial score (nSPS) is 11.5. The van der Waals surface area contributed by atoms with E-state index in [1.165, 1.54) is 31.8 Å². The fourth-order valence-electron chi connectivity index (χ4n) is 5.25. The van der Waals surface area contributed by atoms with Gasteiger partial charge in [0.25, 0.3) is 0 Å². The van der Waals surface area contributed by atoms with Gasteiger partial charge in [-0.3, -0.25) is 4.67 Å². The maximum absolute atomic E-state index is 6.83. The number of nitrogens with zero attached hydrogens (tertiary/aromatic N) is 1. The molecule has 230 valence electrons. The van der Waals surface area contributed by atoms with E-state index in [1.807, 2.05) is 0 Å². The minimum atomic E-state index is -0.941. The lowest BCUT2D eigenvalue weighted by Gasteiger charge is -2.33. The molecule has 0 aromatic heterocycles. The fraction of sp³-hybridized carbons (Fsp3) is 0.100. The Kier molecular flexibility index (Phi) is 12.3. The minimum Gasteiger partial charge on any atom is -0.348 e. The third-order valence-corrected chi connectivity index (χ3v) is 13.9. The maximum atomic E-state index is 6.83. The molecular weight excluding hydrogens is 619 g/mol. The van der Waals surface area contributed by atoms with Crippen molar-refractivity contribution in [1.29, 1.82) is 0 Å². The molecule has 0 bridgehead atoms. The van der Waals surface area contributed by atoms with Crippen LogP contribution < -0.4 is 31.8 Å². The van der Waals surface area contributed by atoms with Crippen LogP contribution in [0.25, 0.3) is 0 Å². The van der Waals surface area contributed by atoms with Crippen molar-refractivity contribution in [2.45, 2.75) is 0 Å². The predicted molar refractivity (Wildman–Crippen MR) is 201 cm³/mol. The van der Waals surface area contributed by atoms with Crippen LogP contribution in [0.15, 0.2) is 182 Å². The summed E-state index contributed by atoms with van der Waals surface area (Å²) in [5.41, 5.74) is 0. The maximum Gasteiger partial charge on any atom is 0.0918 e. The summed E-state index contributed by atoms with van der Waals surface area (Å²) in [6, 6.07) is 64.3. The van der Waals surface area contributed by atoms with Crippen molar-refractivity contribution >= 4 is 56.2 Å². The third kappa shape index (κ3) is 8.85. The molecule has 0 aliphatic rings. The van der Waals surface area contributed by atoms with E-state index < -0.39 is 24.4 Å². The van der Waals surface area contributed by atoms with Crippen molar-refractivity contribution in [1.82, 2.24) is 4.67 Å². The fourth-order valence-corrected chi connectivity index (χ4v) is 11.2. The van der Waals surface area contributed by atoms with Gasteiger partial charge in [-0.15, -0.1) is 0 Å². The van der Waals surface area contributed by atoms with Gasteiger partial charge in [0.1, 0.15) is 0 Å². The lowest BCUT2D eigenvalue weighted by Crippen LogP contribution is -2.34. The Balaban J connectivity index is 1.26. The molecule has 0 aliphatic heterocycles. The highest BCUT2D eigenvalue weighted by Crippen LogP contribution is 2.41. The second-order valence-corrected chi connectivity index (χ2v) is 16.5. The van der Waals surface area contributed by atoms with E-state index in [-0.39, 0.29) is 0 Å². The molecule has 6 heteroatoms. The van der Waals surface area contributed by atoms with E-state index in [1.54, 1.807) is 0 Å². The van der Waals surface area contributed by atoms with E-state index in [2.05, 4.69) is 187 Å². The van der Waals surface area contributed by atoms with Gasteiger partial charge in [-0.2, -0.15) is 0 Å². The van der Waals surface area contributed by atoms with Gasteiger partial charge in [0.05, 0.1) is 29.5 Å². The Bertz CT molecular complexity index is 1490. The number of rotatable bonds is 15. The Labute approximate surface area is 277 Å². The van der Waals surface area contributed by atoms with Crippen molar-refractivity contribution in [2.75, 3.05) is 26.3 Å². The molecule has 0 spiro atoms. The molecular formula is C40H38NO2P3. The van der Waals surface area contributed by atoms with Gasteiger partial charge in [0.2, 0.25) is 0 Å². The minimum absolute atomic E-state index is 0.611. The van der Waals surface area contributed by atoms with E-state index >= 15 is 0 Å². The topological polar surface area (TPSA) is 21.7 Å². The number of hydrogen-bond acceptors (Lipinski definition) is 3. The Morgan fingerprint density at radius 2 is 0.565 bits per heavy atom. The monoisotopic (exact) mass is 657 g/mol. The van der Waals surface area contributed by atoms with Crippen LogP contribution in [0.3, 0.4) is 0 Å². The molecule has 0 saturated heterocycles. The molecule has 0 saturated carbocycles. The smallest absolute Gasteiger partial charge is 0.0918 e. The summed E-state index contributed by atoms with van der Waals surface area (Å²) in [6.45, 7) is 2.79. The first-order valence-electron chi connectivity index (χ1n) is 15.6. The van der Waals surface area contributed by atoms with Crippen LogP contribution in [0.1, 0.15) is 0 Å². The van der Waals surface area contributed by atoms with Crippen LogP contribution in [-0.4, -0.2) is 31.0 Å². The molecule has 6 aromatic carbocycles. The van der Waals surface area contributed by atoms with Crippen LogP contribution in [0.4, 0.5) is 0 Å². The van der Waals surface area contributed by atoms with Crippen molar-refractivity contribution in [3.05, 3.63) is 182 Å². The van der Waals surface area contributed by atoms with Gasteiger partial charge < -0.3 is 9.05 Å². The van der Waals surface area contributed by atoms with Crippen molar-refractivity contribution in [3.63, 3.8) is 0 Å². The van der Waals surface area contributed by atoms with Gasteiger partial charge in [-0.25, -0.2) is 0 Å². The summed E-state index contributed by atoms with van der Waals surface area (Å²) < 4.78 is 16.2. The van der Waals surface area contributed by atoms with Crippen LogP contribution in [0.2, 0.25) is 0 Å². The standard InChI is InChI=1S/C40H38NO2P3/c1-7-19-35(20-8-1)44(36-21-9-2-10-22-36)41(31-33-42-45(37-23-11-3-12-24-37)38-25-13-4-14-26-38)32-34-43-46(39-27-15-5-16-28-39)40-29-17-6-18-30-40/h1-30H,31-34H2. The zero-order valence-corrected chi connectivity index (χ0v) is 28.4. The first kappa shape index (κ1) is 32.4. The molecule has 0 aliphatic carbocycles. The highest BCUT2D eigenvalue weighted by Gasteiger charge is 2.24. The summed E-state index contributed by atoms with van der Waals surface area (Å²) in [7, 11) is -2.69. The average Bonchev–Trinajstić information content (AvgIpc) is 3.14. The van der Waals surface area contributed by atoms with Gasteiger partial charge in [0.15, 0.2) is 0 Å². The largest absolute Gasteiger partial charge is 0.348 e. The van der Waals surface area contributed by atoms with Gasteiger partial charge >= 0.3 is 0 Å². The van der Waals surface area contributed by atoms with Gasteiger partial charge in [-0.05, 0) is 10.6 Å². The summed E-state index contributed by atoms with van der Waals surface area (Å²) in [5.74, 6) is 0. The molecule has 0 atom stereocenters. The van der Waals surface area contributed by atoms with Crippen molar-refractivity contribution in [3.8, 4) is 0 Å². The van der Waals surface area contributed by atoms with Crippen molar-refractivity contribution in [2.24, 2.45) is 0 Å². The Morgan fingerprint density at radius 1 is 0.326 bits per heavy atom. The molecule has 0 unspecified atom stereocenters. The highest BCUT2D eigenvalue weighted by molar-refractivity contribution is 7.71. The molecule has 46 heavy (non-hydrogen) atoms. The number of benzene rings is 6. The van der Waals surface area contributed by atoms with Gasteiger partial charge in [-0.1, -0.05) is 182 Å². The second kappa shape index (κ2) is 17.4. The summed E-state index contributed by atoms with van der Waals surface area (Å²) >= 11 is 0. The van der Waals surface area contributed by atoms with Crippen LogP contribution in [0, 0.1) is 0 Å². The average molecular weight is 658 g/mol. The van der Waals surface area contributed by atoms with Crippen LogP contribution in [0.5, 0.6) is 0 Å². The lowest BCUT2D eigenvalue weighted by molar-refractivity contribution is 0.271. The highest BCUT2D eigenvalue weighted by atomic mass is 31.1. The van der Waals surface area contributed by atoms with Crippen LogP contribution in [-0.2, 0) is 9.05 Å². The molecule has 3 nitrogen and oxygen atoms in total. The molecule has 0 radical (unpaired) electrons. The zero-order valence-electron chi connectivity index (χ0n) is 25.8. The van der Waals surface area contributed by atoms with Gasteiger partial charge in [0, 0.05) is 42.4 Å². The summed E-state index contributed by atoms with van der Waals surface area (Å²) in [4.78, 5) is 0. The first-order valence-corrected chi connectivity index (χ1v) is 19.4. The molecule has 0 N–H and O–H groups in total. The molecule has 6 rings (SSSR count). The van der Waals surface area contributed by atoms with Crippen LogP contribution >= 0.6 is 24.4 Å². The Morgan fingerprint density at radius 3 is 0.826 bits per heavy atom. The van der Waals surface area contributed by atoms with E-state index in [9.17, 15) is 0 Å². The lowest BCUT2D eigenvalue weighted by atomic mass is 10.4. The van der Waals surface area contributed by atoms with Crippen molar-refractivity contribution < 1.29 is 9.05 Å². The third-order valence-electron chi connectivity index (χ3n) is 7.39. The second-order valence-electron chi connectivity index (χ2n) is 10.5. The number of hydrogen-bond donors (Lipinski definition) is 0. The van der Waals surface area contributed by atoms with E-state index in [0.29, 0.717) is 13.2 Å². The van der Waals surface area contributed by atoms with E-state index in [4.69, 9.17) is 9.05 Å². The quantitative estimate of drug-likeness (QED) is 0.107. The van der Waals surface area contributed by atoms with E-state index in [0.717, 1.165) is 13.1 Å². The summed E-state index contributed by atoms with van der Waals surface area (Å²) in [5, 5.41) is 7.55. The Hall–Kier alpha value is -3.51. The molecule has 0 fully saturated rings. The molecule has 6 aromatic rings. The molecule has 0 heterocycles. The predicted octanol–water partition coefficient (Wildman–Crippen LogP) is 7.47. The summed E-state index contributed by atoms with van der Waals surface area (Å²) in [6.07, 6.45) is 0. The zero-order chi connectivity index (χ0) is 31.2. The SMILES string of the molecule is c1ccc(P(OCCN(CCOP(c2ccccc2)c2ccccc2)P(c2ccccc2)c2ccccc2)c2ccccc2)cc1.